The fourth-order valence-corrected chi connectivity index (χ4v) is 2.74. The highest BCUT2D eigenvalue weighted by atomic mass is 79.9. The number of rotatable bonds is 6. The van der Waals surface area contributed by atoms with Crippen LogP contribution in [-0.2, 0) is 19.9 Å². The van der Waals surface area contributed by atoms with Crippen LogP contribution >= 0.6 is 15.9 Å². The van der Waals surface area contributed by atoms with Gasteiger partial charge in [-0.2, -0.15) is 5.10 Å². The van der Waals surface area contributed by atoms with Crippen LogP contribution in [0.4, 0.5) is 0 Å². The zero-order valence-electron chi connectivity index (χ0n) is 10.5. The van der Waals surface area contributed by atoms with Crippen LogP contribution in [-0.4, -0.2) is 15.8 Å². The molecular weight excluding hydrogens is 266 g/mol. The van der Waals surface area contributed by atoms with Crippen molar-refractivity contribution in [3.63, 3.8) is 0 Å². The zero-order valence-corrected chi connectivity index (χ0v) is 12.0. The summed E-state index contributed by atoms with van der Waals surface area (Å²) in [6.07, 6.45) is 5.28. The Hall–Kier alpha value is -0.350. The molecule has 2 N–H and O–H groups in total. The smallest absolute Gasteiger partial charge is 0.0766 e. The average Bonchev–Trinajstić information content (AvgIpc) is 2.52. The molecule has 1 rings (SSSR count). The predicted molar refractivity (Wildman–Crippen MR) is 71.5 cm³/mol. The molecular formula is C12H22BrN3. The number of nitrogens with zero attached hydrogens (tertiary/aromatic N) is 2. The Bertz CT molecular complexity index is 333. The van der Waals surface area contributed by atoms with Gasteiger partial charge in [0.05, 0.1) is 15.9 Å². The van der Waals surface area contributed by atoms with E-state index in [-0.39, 0.29) is 0 Å². The normalized spacial score (nSPS) is 13.1. The van der Waals surface area contributed by atoms with Gasteiger partial charge in [0.25, 0.3) is 0 Å². The van der Waals surface area contributed by atoms with E-state index in [2.05, 4.69) is 34.9 Å². The molecule has 0 aliphatic carbocycles. The molecule has 16 heavy (non-hydrogen) atoms. The molecule has 1 aromatic rings. The van der Waals surface area contributed by atoms with E-state index < -0.39 is 0 Å². The first kappa shape index (κ1) is 13.7. The van der Waals surface area contributed by atoms with Gasteiger partial charge in [-0.25, -0.2) is 0 Å². The Morgan fingerprint density at radius 3 is 2.56 bits per heavy atom. The SMILES string of the molecule is CCCC(N)CCc1c(Br)c(CC)nn1C. The first-order valence-corrected chi connectivity index (χ1v) is 6.85. The van der Waals surface area contributed by atoms with Crippen molar-refractivity contribution in [2.45, 2.75) is 52.0 Å². The van der Waals surface area contributed by atoms with E-state index in [1.165, 1.54) is 10.2 Å². The van der Waals surface area contributed by atoms with Gasteiger partial charge in [-0.1, -0.05) is 20.3 Å². The molecule has 4 heteroatoms. The minimum atomic E-state index is 0.317. The standard InChI is InChI=1S/C12H22BrN3/c1-4-6-9(14)7-8-11-12(13)10(5-2)15-16(11)3/h9H,4-8,14H2,1-3H3. The lowest BCUT2D eigenvalue weighted by Crippen LogP contribution is -2.20. The molecule has 0 aliphatic rings. The Labute approximate surface area is 107 Å². The number of hydrogen-bond donors (Lipinski definition) is 1. The molecule has 92 valence electrons. The molecule has 0 saturated heterocycles. The van der Waals surface area contributed by atoms with E-state index in [0.717, 1.165) is 37.8 Å². The van der Waals surface area contributed by atoms with Gasteiger partial charge in [-0.3, -0.25) is 4.68 Å². The molecule has 0 aromatic carbocycles. The van der Waals surface area contributed by atoms with E-state index in [1.54, 1.807) is 0 Å². The second-order valence-electron chi connectivity index (χ2n) is 4.27. The van der Waals surface area contributed by atoms with Crippen molar-refractivity contribution in [3.8, 4) is 0 Å². The average molecular weight is 288 g/mol. The summed E-state index contributed by atoms with van der Waals surface area (Å²) < 4.78 is 3.14. The molecule has 1 aromatic heterocycles. The summed E-state index contributed by atoms with van der Waals surface area (Å²) >= 11 is 3.63. The van der Waals surface area contributed by atoms with Crippen LogP contribution < -0.4 is 5.73 Å². The topological polar surface area (TPSA) is 43.8 Å². The fraction of sp³-hybridized carbons (Fsp3) is 0.750. The monoisotopic (exact) mass is 287 g/mol. The first-order valence-electron chi connectivity index (χ1n) is 6.05. The molecule has 3 nitrogen and oxygen atoms in total. The summed E-state index contributed by atoms with van der Waals surface area (Å²) in [5, 5.41) is 4.48. The van der Waals surface area contributed by atoms with E-state index in [0.29, 0.717) is 6.04 Å². The van der Waals surface area contributed by atoms with Crippen LogP contribution in [0.3, 0.4) is 0 Å². The summed E-state index contributed by atoms with van der Waals surface area (Å²) in [6, 6.07) is 0.317. The van der Waals surface area contributed by atoms with Crippen molar-refractivity contribution >= 4 is 15.9 Å². The molecule has 0 spiro atoms. The number of aromatic nitrogens is 2. The summed E-state index contributed by atoms with van der Waals surface area (Å²) in [5.41, 5.74) is 8.43. The van der Waals surface area contributed by atoms with Crippen LogP contribution in [0.15, 0.2) is 4.47 Å². The van der Waals surface area contributed by atoms with Gasteiger partial charge in [-0.15, -0.1) is 0 Å². The predicted octanol–water partition coefficient (Wildman–Crippen LogP) is 2.81. The molecule has 0 saturated carbocycles. The minimum Gasteiger partial charge on any atom is -0.328 e. The summed E-state index contributed by atoms with van der Waals surface area (Å²) in [6.45, 7) is 4.30. The number of hydrogen-bond acceptors (Lipinski definition) is 2. The molecule has 1 heterocycles. The molecule has 1 atom stereocenters. The van der Waals surface area contributed by atoms with Crippen LogP contribution in [0.25, 0.3) is 0 Å². The molecule has 0 bridgehead atoms. The lowest BCUT2D eigenvalue weighted by molar-refractivity contribution is 0.546. The number of nitrogens with two attached hydrogens (primary N) is 1. The van der Waals surface area contributed by atoms with Crippen LogP contribution in [0, 0.1) is 0 Å². The molecule has 0 aliphatic heterocycles. The van der Waals surface area contributed by atoms with Crippen LogP contribution in [0.2, 0.25) is 0 Å². The Morgan fingerprint density at radius 2 is 2.06 bits per heavy atom. The van der Waals surface area contributed by atoms with Gasteiger partial charge in [0.2, 0.25) is 0 Å². The van der Waals surface area contributed by atoms with E-state index in [1.807, 2.05) is 11.7 Å². The fourth-order valence-electron chi connectivity index (χ4n) is 1.93. The van der Waals surface area contributed by atoms with E-state index in [4.69, 9.17) is 5.73 Å². The molecule has 1 unspecified atom stereocenters. The Kier molecular flexibility index (Phi) is 5.49. The maximum atomic E-state index is 6.03. The molecule has 0 radical (unpaired) electrons. The largest absolute Gasteiger partial charge is 0.328 e. The highest BCUT2D eigenvalue weighted by Crippen LogP contribution is 2.23. The van der Waals surface area contributed by atoms with Crippen LogP contribution in [0.5, 0.6) is 0 Å². The van der Waals surface area contributed by atoms with Crippen LogP contribution in [0.1, 0.15) is 44.5 Å². The third-order valence-electron chi connectivity index (χ3n) is 2.91. The van der Waals surface area contributed by atoms with Crippen molar-refractivity contribution in [1.82, 2.24) is 9.78 Å². The highest BCUT2D eigenvalue weighted by molar-refractivity contribution is 9.10. The molecule has 0 fully saturated rings. The van der Waals surface area contributed by atoms with Crippen molar-refractivity contribution < 1.29 is 0 Å². The van der Waals surface area contributed by atoms with Gasteiger partial charge in [0.15, 0.2) is 0 Å². The summed E-state index contributed by atoms with van der Waals surface area (Å²) in [7, 11) is 2.00. The number of aryl methyl sites for hydroxylation is 2. The maximum absolute atomic E-state index is 6.03. The summed E-state index contributed by atoms with van der Waals surface area (Å²) in [4.78, 5) is 0. The molecule has 0 amide bonds. The van der Waals surface area contributed by atoms with Crippen molar-refractivity contribution in [2.24, 2.45) is 12.8 Å². The zero-order chi connectivity index (χ0) is 12.1. The maximum Gasteiger partial charge on any atom is 0.0766 e. The van der Waals surface area contributed by atoms with Crippen molar-refractivity contribution in [1.29, 1.82) is 0 Å². The van der Waals surface area contributed by atoms with Gasteiger partial charge in [0.1, 0.15) is 0 Å². The van der Waals surface area contributed by atoms with Crippen molar-refractivity contribution in [3.05, 3.63) is 15.9 Å². The summed E-state index contributed by atoms with van der Waals surface area (Å²) in [5.74, 6) is 0. The quantitative estimate of drug-likeness (QED) is 0.874. The van der Waals surface area contributed by atoms with Gasteiger partial charge < -0.3 is 5.73 Å². The number of halogens is 1. The third-order valence-corrected chi connectivity index (χ3v) is 3.83. The Balaban J connectivity index is 2.63. The second kappa shape index (κ2) is 6.40. The van der Waals surface area contributed by atoms with E-state index in [9.17, 15) is 0 Å². The third kappa shape index (κ3) is 3.32. The van der Waals surface area contributed by atoms with Gasteiger partial charge >= 0.3 is 0 Å². The lowest BCUT2D eigenvalue weighted by Gasteiger charge is -2.10. The first-order chi connectivity index (χ1) is 7.60. The van der Waals surface area contributed by atoms with Gasteiger partial charge in [0, 0.05) is 13.1 Å². The lowest BCUT2D eigenvalue weighted by atomic mass is 10.1. The Morgan fingerprint density at radius 1 is 1.38 bits per heavy atom. The minimum absolute atomic E-state index is 0.317. The van der Waals surface area contributed by atoms with Gasteiger partial charge in [-0.05, 0) is 41.6 Å². The van der Waals surface area contributed by atoms with E-state index >= 15 is 0 Å². The highest BCUT2D eigenvalue weighted by Gasteiger charge is 2.13. The van der Waals surface area contributed by atoms with Crippen molar-refractivity contribution in [2.75, 3.05) is 0 Å². The second-order valence-corrected chi connectivity index (χ2v) is 5.06.